The molecule has 0 amide bonds. The highest BCUT2D eigenvalue weighted by Gasteiger charge is 2.21. The standard InChI is InChI=1S/C21H23N5O2S/c1-3-25(21(29)23-16-11-7-8-14(2)12-16)17-18(22)26(20(28)24-19(17)27)13-15-9-5-4-6-10-15/h4-12H,3,13,22H2,1-2H3,(H,23,29)(H,24,27,28). The number of nitrogens with two attached hydrogens (primary N) is 1. The molecule has 0 saturated heterocycles. The number of nitrogen functional groups attached to an aromatic ring is 1. The van der Waals surface area contributed by atoms with Crippen molar-refractivity contribution >= 4 is 34.5 Å². The van der Waals surface area contributed by atoms with Gasteiger partial charge in [-0.15, -0.1) is 0 Å². The van der Waals surface area contributed by atoms with E-state index in [2.05, 4.69) is 10.3 Å². The second kappa shape index (κ2) is 8.74. The van der Waals surface area contributed by atoms with Gasteiger partial charge in [-0.2, -0.15) is 0 Å². The van der Waals surface area contributed by atoms with Gasteiger partial charge in [0.15, 0.2) is 10.8 Å². The van der Waals surface area contributed by atoms with Crippen molar-refractivity contribution in [3.63, 3.8) is 0 Å². The summed E-state index contributed by atoms with van der Waals surface area (Å²) >= 11 is 5.53. The molecule has 0 aliphatic rings. The topological polar surface area (TPSA) is 96.2 Å². The molecule has 3 rings (SSSR count). The minimum Gasteiger partial charge on any atom is -0.383 e. The van der Waals surface area contributed by atoms with Crippen LogP contribution in [0.4, 0.5) is 17.2 Å². The molecule has 0 bridgehead atoms. The average molecular weight is 410 g/mol. The molecule has 0 aliphatic heterocycles. The Bertz CT molecular complexity index is 1140. The summed E-state index contributed by atoms with van der Waals surface area (Å²) in [5.74, 6) is 0.0674. The van der Waals surface area contributed by atoms with E-state index in [4.69, 9.17) is 18.0 Å². The van der Waals surface area contributed by atoms with Gasteiger partial charge < -0.3 is 16.0 Å². The van der Waals surface area contributed by atoms with Crippen LogP contribution in [0, 0.1) is 6.92 Å². The van der Waals surface area contributed by atoms with Crippen LogP contribution in [0.5, 0.6) is 0 Å². The zero-order valence-electron chi connectivity index (χ0n) is 16.3. The molecule has 0 unspecified atom stereocenters. The number of nitrogens with one attached hydrogen (secondary N) is 2. The maximum atomic E-state index is 12.6. The molecule has 2 aromatic carbocycles. The van der Waals surface area contributed by atoms with E-state index in [1.165, 1.54) is 4.57 Å². The first-order valence-corrected chi connectivity index (χ1v) is 9.63. The van der Waals surface area contributed by atoms with Crippen molar-refractivity contribution in [3.8, 4) is 0 Å². The van der Waals surface area contributed by atoms with Gasteiger partial charge in [0.1, 0.15) is 5.82 Å². The van der Waals surface area contributed by atoms with Crippen LogP contribution in [0.1, 0.15) is 18.1 Å². The Morgan fingerprint density at radius 3 is 2.55 bits per heavy atom. The number of benzene rings is 2. The van der Waals surface area contributed by atoms with E-state index in [1.807, 2.05) is 68.4 Å². The minimum atomic E-state index is -0.577. The van der Waals surface area contributed by atoms with Crippen molar-refractivity contribution in [1.82, 2.24) is 9.55 Å². The summed E-state index contributed by atoms with van der Waals surface area (Å²) in [6.07, 6.45) is 0. The summed E-state index contributed by atoms with van der Waals surface area (Å²) in [5.41, 5.74) is 8.06. The molecule has 0 fully saturated rings. The summed E-state index contributed by atoms with van der Waals surface area (Å²) in [4.78, 5) is 28.9. The normalized spacial score (nSPS) is 10.6. The van der Waals surface area contributed by atoms with Crippen LogP contribution >= 0.6 is 12.2 Å². The van der Waals surface area contributed by atoms with Crippen molar-refractivity contribution in [2.45, 2.75) is 20.4 Å². The molecule has 0 spiro atoms. The van der Waals surface area contributed by atoms with Gasteiger partial charge in [0.2, 0.25) is 0 Å². The Kier molecular flexibility index (Phi) is 6.13. The van der Waals surface area contributed by atoms with Crippen LogP contribution in [0.25, 0.3) is 0 Å². The van der Waals surface area contributed by atoms with E-state index in [1.54, 1.807) is 4.90 Å². The second-order valence-corrected chi connectivity index (χ2v) is 7.00. The number of hydrogen-bond acceptors (Lipinski definition) is 4. The Morgan fingerprint density at radius 2 is 1.90 bits per heavy atom. The van der Waals surface area contributed by atoms with E-state index in [0.717, 1.165) is 16.8 Å². The predicted octanol–water partition coefficient (Wildman–Crippen LogP) is 2.70. The van der Waals surface area contributed by atoms with Crippen molar-refractivity contribution in [1.29, 1.82) is 0 Å². The molecular weight excluding hydrogens is 386 g/mol. The number of nitrogens with zero attached hydrogens (tertiary/aromatic N) is 2. The van der Waals surface area contributed by atoms with E-state index in [0.29, 0.717) is 11.7 Å². The molecule has 0 atom stereocenters. The molecule has 1 aromatic heterocycles. The molecule has 8 heteroatoms. The van der Waals surface area contributed by atoms with Gasteiger partial charge in [0.05, 0.1) is 6.54 Å². The lowest BCUT2D eigenvalue weighted by Crippen LogP contribution is -2.42. The van der Waals surface area contributed by atoms with Crippen molar-refractivity contribution in [2.24, 2.45) is 0 Å². The molecular formula is C21H23N5O2S. The molecule has 4 N–H and O–H groups in total. The molecule has 1 heterocycles. The maximum absolute atomic E-state index is 12.6. The SMILES string of the molecule is CCN(C(=S)Nc1cccc(C)c1)c1c(N)n(Cc2ccccc2)c(=O)[nH]c1=O. The van der Waals surface area contributed by atoms with Gasteiger partial charge in [-0.1, -0.05) is 42.5 Å². The maximum Gasteiger partial charge on any atom is 0.330 e. The Morgan fingerprint density at radius 1 is 1.17 bits per heavy atom. The average Bonchev–Trinajstić information content (AvgIpc) is 2.69. The number of thiocarbonyl (C=S) groups is 1. The first-order chi connectivity index (χ1) is 13.9. The zero-order chi connectivity index (χ0) is 21.0. The van der Waals surface area contributed by atoms with Crippen LogP contribution in [0.3, 0.4) is 0 Å². The molecule has 0 radical (unpaired) electrons. The smallest absolute Gasteiger partial charge is 0.330 e. The van der Waals surface area contributed by atoms with Gasteiger partial charge in [-0.25, -0.2) is 4.79 Å². The van der Waals surface area contributed by atoms with Crippen molar-refractivity contribution in [2.75, 3.05) is 22.5 Å². The summed E-state index contributed by atoms with van der Waals surface area (Å²) in [6.45, 7) is 4.48. The van der Waals surface area contributed by atoms with Crippen LogP contribution < -0.4 is 27.2 Å². The number of aromatic nitrogens is 2. The highest BCUT2D eigenvalue weighted by Crippen LogP contribution is 2.19. The summed E-state index contributed by atoms with van der Waals surface area (Å²) in [7, 11) is 0. The first-order valence-electron chi connectivity index (χ1n) is 9.22. The van der Waals surface area contributed by atoms with E-state index in [9.17, 15) is 9.59 Å². The summed E-state index contributed by atoms with van der Waals surface area (Å²) in [6, 6.07) is 17.1. The summed E-state index contributed by atoms with van der Waals surface area (Å²) in [5, 5.41) is 3.45. The molecule has 0 saturated carbocycles. The first kappa shape index (κ1) is 20.3. The quantitative estimate of drug-likeness (QED) is 0.561. The van der Waals surface area contributed by atoms with Gasteiger partial charge in [-0.3, -0.25) is 14.3 Å². The van der Waals surface area contributed by atoms with Gasteiger partial charge in [-0.05, 0) is 49.3 Å². The number of rotatable bonds is 5. The fourth-order valence-electron chi connectivity index (χ4n) is 3.08. The van der Waals surface area contributed by atoms with E-state index >= 15 is 0 Å². The Labute approximate surface area is 173 Å². The van der Waals surface area contributed by atoms with Gasteiger partial charge >= 0.3 is 5.69 Å². The van der Waals surface area contributed by atoms with Gasteiger partial charge in [0.25, 0.3) is 5.56 Å². The lowest BCUT2D eigenvalue weighted by Gasteiger charge is -2.26. The van der Waals surface area contributed by atoms with Crippen LogP contribution in [-0.2, 0) is 6.54 Å². The Balaban J connectivity index is 1.99. The zero-order valence-corrected chi connectivity index (χ0v) is 17.1. The van der Waals surface area contributed by atoms with Crippen molar-refractivity contribution in [3.05, 3.63) is 86.6 Å². The van der Waals surface area contributed by atoms with Crippen molar-refractivity contribution < 1.29 is 0 Å². The lowest BCUT2D eigenvalue weighted by atomic mass is 10.2. The highest BCUT2D eigenvalue weighted by molar-refractivity contribution is 7.80. The second-order valence-electron chi connectivity index (χ2n) is 6.61. The highest BCUT2D eigenvalue weighted by atomic mass is 32.1. The fraction of sp³-hybridized carbons (Fsp3) is 0.190. The number of hydrogen-bond donors (Lipinski definition) is 3. The van der Waals surface area contributed by atoms with Crippen LogP contribution in [-0.4, -0.2) is 21.2 Å². The molecule has 150 valence electrons. The molecule has 7 nitrogen and oxygen atoms in total. The third-order valence-electron chi connectivity index (χ3n) is 4.50. The largest absolute Gasteiger partial charge is 0.383 e. The number of aromatic amines is 1. The number of aryl methyl sites for hydroxylation is 1. The number of anilines is 3. The molecule has 3 aromatic rings. The molecule has 29 heavy (non-hydrogen) atoms. The third-order valence-corrected chi connectivity index (χ3v) is 4.82. The lowest BCUT2D eigenvalue weighted by molar-refractivity contribution is 0.730. The third kappa shape index (κ3) is 4.55. The predicted molar refractivity (Wildman–Crippen MR) is 122 cm³/mol. The fourth-order valence-corrected chi connectivity index (χ4v) is 3.42. The monoisotopic (exact) mass is 409 g/mol. The number of H-pyrrole nitrogens is 1. The van der Waals surface area contributed by atoms with E-state index < -0.39 is 11.2 Å². The Hall–Kier alpha value is -3.39. The van der Waals surface area contributed by atoms with E-state index in [-0.39, 0.29) is 18.1 Å². The van der Waals surface area contributed by atoms with Crippen LogP contribution in [0.15, 0.2) is 64.2 Å². The van der Waals surface area contributed by atoms with Gasteiger partial charge in [0, 0.05) is 12.2 Å². The van der Waals surface area contributed by atoms with Crippen LogP contribution in [0.2, 0.25) is 0 Å². The molecule has 0 aliphatic carbocycles. The summed E-state index contributed by atoms with van der Waals surface area (Å²) < 4.78 is 1.34. The minimum absolute atomic E-state index is 0.0674.